The Morgan fingerprint density at radius 3 is 2.87 bits per heavy atom. The molecule has 0 saturated carbocycles. The second kappa shape index (κ2) is 5.43. The van der Waals surface area contributed by atoms with Gasteiger partial charge in [-0.15, -0.1) is 0 Å². The lowest BCUT2D eigenvalue weighted by molar-refractivity contribution is 0.295. The van der Waals surface area contributed by atoms with Crippen LogP contribution < -0.4 is 4.72 Å². The molecule has 1 aromatic rings. The van der Waals surface area contributed by atoms with Gasteiger partial charge in [0.15, 0.2) is 5.82 Å². The standard InChI is InChI=1S/C8H11BrN2O3S/c9-7-3-1-4-10-8(7)11-15(13,14)6-2-5-12/h1,3-4,12H,2,5-6H2,(H,10,11). The van der Waals surface area contributed by atoms with E-state index in [1.807, 2.05) is 0 Å². The van der Waals surface area contributed by atoms with Crippen molar-refractivity contribution >= 4 is 31.8 Å². The number of anilines is 1. The molecule has 0 spiro atoms. The van der Waals surface area contributed by atoms with E-state index in [2.05, 4.69) is 25.6 Å². The van der Waals surface area contributed by atoms with Gasteiger partial charge in [-0.2, -0.15) is 0 Å². The van der Waals surface area contributed by atoms with Crippen LogP contribution in [0.3, 0.4) is 0 Å². The maximum absolute atomic E-state index is 11.4. The Bertz CT molecular complexity index is 422. The third kappa shape index (κ3) is 4.15. The molecule has 84 valence electrons. The van der Waals surface area contributed by atoms with Gasteiger partial charge in [-0.25, -0.2) is 13.4 Å². The van der Waals surface area contributed by atoms with Crippen molar-refractivity contribution in [2.45, 2.75) is 6.42 Å². The van der Waals surface area contributed by atoms with Crippen LogP contribution in [-0.4, -0.2) is 30.9 Å². The van der Waals surface area contributed by atoms with Crippen LogP contribution in [0, 0.1) is 0 Å². The van der Waals surface area contributed by atoms with Crippen molar-refractivity contribution < 1.29 is 13.5 Å². The first-order valence-electron chi connectivity index (χ1n) is 4.27. The summed E-state index contributed by atoms with van der Waals surface area (Å²) < 4.78 is 25.8. The van der Waals surface area contributed by atoms with E-state index < -0.39 is 10.0 Å². The van der Waals surface area contributed by atoms with Gasteiger partial charge < -0.3 is 5.11 Å². The van der Waals surface area contributed by atoms with Gasteiger partial charge in [0.1, 0.15) is 0 Å². The number of pyridine rings is 1. The van der Waals surface area contributed by atoms with E-state index in [4.69, 9.17) is 5.11 Å². The number of hydrogen-bond donors (Lipinski definition) is 2. The van der Waals surface area contributed by atoms with Crippen LogP contribution in [0.2, 0.25) is 0 Å². The van der Waals surface area contributed by atoms with Crippen LogP contribution >= 0.6 is 15.9 Å². The molecule has 1 aromatic heterocycles. The minimum atomic E-state index is -3.42. The minimum Gasteiger partial charge on any atom is -0.396 e. The van der Waals surface area contributed by atoms with E-state index >= 15 is 0 Å². The first-order valence-corrected chi connectivity index (χ1v) is 6.71. The van der Waals surface area contributed by atoms with E-state index in [0.29, 0.717) is 4.47 Å². The number of aliphatic hydroxyl groups excluding tert-OH is 1. The maximum Gasteiger partial charge on any atom is 0.233 e. The maximum atomic E-state index is 11.4. The lowest BCUT2D eigenvalue weighted by Crippen LogP contribution is -2.18. The first-order chi connectivity index (χ1) is 7.05. The lowest BCUT2D eigenvalue weighted by atomic mass is 10.5. The average Bonchev–Trinajstić information content (AvgIpc) is 2.18. The molecule has 2 N–H and O–H groups in total. The Kier molecular flexibility index (Phi) is 4.49. The molecule has 0 fully saturated rings. The Hall–Kier alpha value is -0.660. The SMILES string of the molecule is O=S(=O)(CCCO)Nc1ncccc1Br. The molecule has 0 saturated heterocycles. The fraction of sp³-hybridized carbons (Fsp3) is 0.375. The van der Waals surface area contributed by atoms with E-state index in [-0.39, 0.29) is 24.6 Å². The van der Waals surface area contributed by atoms with E-state index in [1.54, 1.807) is 12.1 Å². The second-order valence-electron chi connectivity index (χ2n) is 2.83. The highest BCUT2D eigenvalue weighted by molar-refractivity contribution is 9.10. The van der Waals surface area contributed by atoms with Gasteiger partial charge in [-0.3, -0.25) is 4.72 Å². The number of aromatic nitrogens is 1. The molecule has 15 heavy (non-hydrogen) atoms. The Balaban J connectivity index is 2.74. The van der Waals surface area contributed by atoms with Gasteiger partial charge in [0.05, 0.1) is 10.2 Å². The molecule has 0 aliphatic rings. The molecule has 0 aliphatic heterocycles. The fourth-order valence-corrected chi connectivity index (χ4v) is 2.47. The Morgan fingerprint density at radius 1 is 1.53 bits per heavy atom. The largest absolute Gasteiger partial charge is 0.396 e. The van der Waals surface area contributed by atoms with Crippen molar-refractivity contribution in [3.8, 4) is 0 Å². The van der Waals surface area contributed by atoms with E-state index in [1.165, 1.54) is 6.20 Å². The van der Waals surface area contributed by atoms with Gasteiger partial charge in [-0.05, 0) is 34.5 Å². The van der Waals surface area contributed by atoms with Gasteiger partial charge in [0.2, 0.25) is 10.0 Å². The van der Waals surface area contributed by atoms with Gasteiger partial charge in [0, 0.05) is 12.8 Å². The summed E-state index contributed by atoms with van der Waals surface area (Å²) in [6, 6.07) is 3.38. The quantitative estimate of drug-likeness (QED) is 0.848. The highest BCUT2D eigenvalue weighted by Gasteiger charge is 2.12. The van der Waals surface area contributed by atoms with Crippen LogP contribution in [0.1, 0.15) is 6.42 Å². The third-order valence-corrected chi connectivity index (χ3v) is 3.55. The molecule has 1 rings (SSSR count). The van der Waals surface area contributed by atoms with Crippen molar-refractivity contribution in [2.75, 3.05) is 17.1 Å². The van der Waals surface area contributed by atoms with Crippen molar-refractivity contribution in [1.29, 1.82) is 0 Å². The van der Waals surface area contributed by atoms with Crippen LogP contribution in [-0.2, 0) is 10.0 Å². The lowest BCUT2D eigenvalue weighted by Gasteiger charge is -2.07. The predicted molar refractivity (Wildman–Crippen MR) is 61.0 cm³/mol. The summed E-state index contributed by atoms with van der Waals surface area (Å²) in [4.78, 5) is 3.87. The number of halogens is 1. The third-order valence-electron chi connectivity index (χ3n) is 1.58. The first kappa shape index (κ1) is 12.4. The topological polar surface area (TPSA) is 79.3 Å². The zero-order chi connectivity index (χ0) is 11.3. The Labute approximate surface area is 96.7 Å². The predicted octanol–water partition coefficient (Wildman–Crippen LogP) is 0.968. The molecule has 0 aromatic carbocycles. The fourth-order valence-electron chi connectivity index (χ4n) is 0.914. The molecule has 7 heteroatoms. The molecule has 0 aliphatic carbocycles. The van der Waals surface area contributed by atoms with Crippen molar-refractivity contribution in [1.82, 2.24) is 4.98 Å². The van der Waals surface area contributed by atoms with Crippen LogP contribution in [0.25, 0.3) is 0 Å². The normalized spacial score (nSPS) is 11.3. The number of nitrogens with zero attached hydrogens (tertiary/aromatic N) is 1. The number of rotatable bonds is 5. The van der Waals surface area contributed by atoms with Crippen LogP contribution in [0.4, 0.5) is 5.82 Å². The van der Waals surface area contributed by atoms with Gasteiger partial charge in [-0.1, -0.05) is 0 Å². The van der Waals surface area contributed by atoms with Crippen molar-refractivity contribution in [2.24, 2.45) is 0 Å². The average molecular weight is 295 g/mol. The molecule has 5 nitrogen and oxygen atoms in total. The molecular formula is C8H11BrN2O3S. The molecule has 1 heterocycles. The zero-order valence-electron chi connectivity index (χ0n) is 7.85. The van der Waals surface area contributed by atoms with Crippen molar-refractivity contribution in [3.63, 3.8) is 0 Å². The van der Waals surface area contributed by atoms with Crippen LogP contribution in [0.15, 0.2) is 22.8 Å². The number of aliphatic hydroxyl groups is 1. The molecule has 0 radical (unpaired) electrons. The van der Waals surface area contributed by atoms with Crippen molar-refractivity contribution in [3.05, 3.63) is 22.8 Å². The summed E-state index contributed by atoms with van der Waals surface area (Å²) in [5.74, 6) is 0.141. The summed E-state index contributed by atoms with van der Waals surface area (Å²) in [7, 11) is -3.42. The number of nitrogens with one attached hydrogen (secondary N) is 1. The number of hydrogen-bond acceptors (Lipinski definition) is 4. The highest BCUT2D eigenvalue weighted by atomic mass is 79.9. The molecule has 0 bridgehead atoms. The minimum absolute atomic E-state index is 0.119. The van der Waals surface area contributed by atoms with Gasteiger partial charge in [0.25, 0.3) is 0 Å². The summed E-state index contributed by atoms with van der Waals surface area (Å²) >= 11 is 3.18. The van der Waals surface area contributed by atoms with Crippen LogP contribution in [0.5, 0.6) is 0 Å². The van der Waals surface area contributed by atoms with E-state index in [9.17, 15) is 8.42 Å². The zero-order valence-corrected chi connectivity index (χ0v) is 10.3. The molecular weight excluding hydrogens is 284 g/mol. The summed E-state index contributed by atoms with van der Waals surface area (Å²) in [6.45, 7) is -0.149. The molecule has 0 atom stereocenters. The summed E-state index contributed by atoms with van der Waals surface area (Å²) in [6.07, 6.45) is 1.70. The Morgan fingerprint density at radius 2 is 2.27 bits per heavy atom. The smallest absolute Gasteiger partial charge is 0.233 e. The summed E-state index contributed by atoms with van der Waals surface area (Å²) in [5, 5.41) is 8.53. The monoisotopic (exact) mass is 294 g/mol. The molecule has 0 amide bonds. The molecule has 0 unspecified atom stereocenters. The van der Waals surface area contributed by atoms with E-state index in [0.717, 1.165) is 0 Å². The summed E-state index contributed by atoms with van der Waals surface area (Å²) in [5.41, 5.74) is 0. The highest BCUT2D eigenvalue weighted by Crippen LogP contribution is 2.19. The number of sulfonamides is 1. The second-order valence-corrected chi connectivity index (χ2v) is 5.53. The van der Waals surface area contributed by atoms with Gasteiger partial charge >= 0.3 is 0 Å².